The van der Waals surface area contributed by atoms with E-state index in [0.717, 1.165) is 22.1 Å². The number of fused-ring (bicyclic) bond motifs is 1. The van der Waals surface area contributed by atoms with Crippen molar-refractivity contribution in [1.29, 1.82) is 0 Å². The third-order valence-corrected chi connectivity index (χ3v) is 4.23. The van der Waals surface area contributed by atoms with E-state index in [2.05, 4.69) is 0 Å². The van der Waals surface area contributed by atoms with Crippen molar-refractivity contribution in [2.24, 2.45) is 0 Å². The van der Waals surface area contributed by atoms with E-state index < -0.39 is 5.97 Å². The van der Waals surface area contributed by atoms with E-state index in [4.69, 9.17) is 9.47 Å². The van der Waals surface area contributed by atoms with Gasteiger partial charge in [0.1, 0.15) is 5.75 Å². The minimum absolute atomic E-state index is 0.200. The van der Waals surface area contributed by atoms with E-state index in [1.807, 2.05) is 60.7 Å². The van der Waals surface area contributed by atoms with Crippen LogP contribution in [0.5, 0.6) is 5.75 Å². The van der Waals surface area contributed by atoms with Gasteiger partial charge in [-0.2, -0.15) is 0 Å². The van der Waals surface area contributed by atoms with Crippen LogP contribution in [-0.4, -0.2) is 25.5 Å². The first-order chi connectivity index (χ1) is 12.7. The molecule has 0 radical (unpaired) electrons. The van der Waals surface area contributed by atoms with Crippen LogP contribution in [0.25, 0.3) is 10.8 Å². The van der Waals surface area contributed by atoms with Crippen LogP contribution in [0.2, 0.25) is 0 Å². The van der Waals surface area contributed by atoms with Gasteiger partial charge in [0, 0.05) is 12.0 Å². The van der Waals surface area contributed by atoms with Crippen molar-refractivity contribution in [3.05, 3.63) is 77.9 Å². The fourth-order valence-electron chi connectivity index (χ4n) is 2.81. The smallest absolute Gasteiger partial charge is 0.306 e. The molecule has 0 bridgehead atoms. The number of carbonyl (C=O) groups is 2. The molecule has 132 valence electrons. The Bertz CT molecular complexity index is 930. The largest absolute Gasteiger partial charge is 0.496 e. The molecule has 0 aliphatic rings. The molecular weight excluding hydrogens is 328 g/mol. The van der Waals surface area contributed by atoms with Gasteiger partial charge in [-0.15, -0.1) is 0 Å². The molecule has 0 saturated heterocycles. The minimum atomic E-state index is -0.398. The SMILES string of the molecule is COc1ccccc1CCC(=O)OCC(=O)c1ccc2ccccc2c1. The predicted octanol–water partition coefficient (Wildman–Crippen LogP) is 4.21. The first-order valence-electron chi connectivity index (χ1n) is 8.47. The number of hydrogen-bond donors (Lipinski definition) is 0. The maximum Gasteiger partial charge on any atom is 0.306 e. The van der Waals surface area contributed by atoms with E-state index in [0.29, 0.717) is 12.0 Å². The van der Waals surface area contributed by atoms with Crippen LogP contribution < -0.4 is 4.74 Å². The van der Waals surface area contributed by atoms with Crippen molar-refractivity contribution >= 4 is 22.5 Å². The second-order valence-corrected chi connectivity index (χ2v) is 5.96. The van der Waals surface area contributed by atoms with Crippen LogP contribution in [0.3, 0.4) is 0 Å². The van der Waals surface area contributed by atoms with Crippen molar-refractivity contribution < 1.29 is 19.1 Å². The number of aryl methyl sites for hydroxylation is 1. The van der Waals surface area contributed by atoms with E-state index in [1.54, 1.807) is 13.2 Å². The second-order valence-electron chi connectivity index (χ2n) is 5.96. The molecule has 4 heteroatoms. The first-order valence-corrected chi connectivity index (χ1v) is 8.47. The maximum absolute atomic E-state index is 12.3. The summed E-state index contributed by atoms with van der Waals surface area (Å²) in [6.07, 6.45) is 0.707. The molecule has 0 aromatic heterocycles. The van der Waals surface area contributed by atoms with Crippen molar-refractivity contribution in [3.8, 4) is 5.75 Å². The number of hydrogen-bond acceptors (Lipinski definition) is 4. The van der Waals surface area contributed by atoms with Crippen molar-refractivity contribution in [2.75, 3.05) is 13.7 Å². The lowest BCUT2D eigenvalue weighted by Gasteiger charge is -2.08. The normalized spacial score (nSPS) is 10.5. The number of esters is 1. The van der Waals surface area contributed by atoms with Crippen LogP contribution in [0.1, 0.15) is 22.3 Å². The summed E-state index contributed by atoms with van der Waals surface area (Å²) in [7, 11) is 1.60. The topological polar surface area (TPSA) is 52.6 Å². The molecule has 0 fully saturated rings. The molecule has 4 nitrogen and oxygen atoms in total. The van der Waals surface area contributed by atoms with Gasteiger partial charge in [0.25, 0.3) is 0 Å². The molecule has 3 aromatic rings. The van der Waals surface area contributed by atoms with Gasteiger partial charge in [0.05, 0.1) is 7.11 Å². The van der Waals surface area contributed by atoms with Gasteiger partial charge in [-0.1, -0.05) is 54.6 Å². The molecule has 3 aromatic carbocycles. The Kier molecular flexibility index (Phi) is 5.64. The van der Waals surface area contributed by atoms with Crippen molar-refractivity contribution in [2.45, 2.75) is 12.8 Å². The van der Waals surface area contributed by atoms with Gasteiger partial charge >= 0.3 is 5.97 Å². The third-order valence-electron chi connectivity index (χ3n) is 4.23. The van der Waals surface area contributed by atoms with E-state index in [9.17, 15) is 9.59 Å². The predicted molar refractivity (Wildman–Crippen MR) is 101 cm³/mol. The fourth-order valence-corrected chi connectivity index (χ4v) is 2.81. The number of para-hydroxylation sites is 1. The fraction of sp³-hybridized carbons (Fsp3) is 0.182. The number of ether oxygens (including phenoxy) is 2. The standard InChI is InChI=1S/C22H20O4/c1-25-21-9-5-4-7-17(21)12-13-22(24)26-15-20(23)19-11-10-16-6-2-3-8-18(16)14-19/h2-11,14H,12-13,15H2,1H3. The summed E-state index contributed by atoms with van der Waals surface area (Å²) in [6, 6.07) is 20.8. The van der Waals surface area contributed by atoms with Crippen LogP contribution in [-0.2, 0) is 16.0 Å². The highest BCUT2D eigenvalue weighted by atomic mass is 16.5. The van der Waals surface area contributed by atoms with E-state index >= 15 is 0 Å². The highest BCUT2D eigenvalue weighted by molar-refractivity contribution is 6.01. The van der Waals surface area contributed by atoms with Crippen LogP contribution in [0, 0.1) is 0 Å². The zero-order valence-electron chi connectivity index (χ0n) is 14.6. The lowest BCUT2D eigenvalue weighted by atomic mass is 10.0. The number of carbonyl (C=O) groups excluding carboxylic acids is 2. The van der Waals surface area contributed by atoms with E-state index in [1.165, 1.54) is 0 Å². The van der Waals surface area contributed by atoms with Gasteiger partial charge < -0.3 is 9.47 Å². The molecule has 0 amide bonds. The Hall–Kier alpha value is -3.14. The average molecular weight is 348 g/mol. The molecule has 26 heavy (non-hydrogen) atoms. The quantitative estimate of drug-likeness (QED) is 0.474. The summed E-state index contributed by atoms with van der Waals surface area (Å²) in [6.45, 7) is -0.247. The zero-order valence-corrected chi connectivity index (χ0v) is 14.6. The molecule has 0 heterocycles. The number of ketones is 1. The molecule has 0 N–H and O–H groups in total. The first kappa shape index (κ1) is 17.7. The van der Waals surface area contributed by atoms with Crippen LogP contribution in [0.15, 0.2) is 66.7 Å². The number of rotatable bonds is 7. The van der Waals surface area contributed by atoms with Gasteiger partial charge in [-0.05, 0) is 34.9 Å². The molecule has 3 rings (SSSR count). The second kappa shape index (κ2) is 8.30. The molecule has 0 aliphatic carbocycles. The Morgan fingerprint density at radius 2 is 1.62 bits per heavy atom. The maximum atomic E-state index is 12.3. The molecule has 0 atom stereocenters. The molecular formula is C22H20O4. The third kappa shape index (κ3) is 4.28. The highest BCUT2D eigenvalue weighted by Crippen LogP contribution is 2.19. The zero-order chi connectivity index (χ0) is 18.4. The molecule has 0 aliphatic heterocycles. The summed E-state index contributed by atoms with van der Waals surface area (Å²) in [5.41, 5.74) is 1.48. The lowest BCUT2D eigenvalue weighted by Crippen LogP contribution is -2.14. The van der Waals surface area contributed by atoms with Gasteiger partial charge in [-0.25, -0.2) is 0 Å². The number of Topliss-reactive ketones (excluding diaryl/α,β-unsaturated/α-hetero) is 1. The van der Waals surface area contributed by atoms with Crippen molar-refractivity contribution in [1.82, 2.24) is 0 Å². The molecule has 0 saturated carbocycles. The monoisotopic (exact) mass is 348 g/mol. The lowest BCUT2D eigenvalue weighted by molar-refractivity contribution is -0.142. The Morgan fingerprint density at radius 1 is 0.885 bits per heavy atom. The van der Waals surface area contributed by atoms with Gasteiger partial charge in [0.2, 0.25) is 0 Å². The summed E-state index contributed by atoms with van der Waals surface area (Å²) >= 11 is 0. The van der Waals surface area contributed by atoms with Gasteiger partial charge in [0.15, 0.2) is 12.4 Å². The number of methoxy groups -OCH3 is 1. The highest BCUT2D eigenvalue weighted by Gasteiger charge is 2.12. The summed E-state index contributed by atoms with van der Waals surface area (Å²) < 4.78 is 10.4. The number of benzene rings is 3. The molecule has 0 spiro atoms. The molecule has 0 unspecified atom stereocenters. The Balaban J connectivity index is 1.54. The van der Waals surface area contributed by atoms with Crippen LogP contribution in [0.4, 0.5) is 0 Å². The summed E-state index contributed by atoms with van der Waals surface area (Å²) in [4.78, 5) is 24.2. The average Bonchev–Trinajstić information content (AvgIpc) is 2.70. The van der Waals surface area contributed by atoms with E-state index in [-0.39, 0.29) is 18.8 Å². The minimum Gasteiger partial charge on any atom is -0.496 e. The Labute approximate surface area is 152 Å². The Morgan fingerprint density at radius 3 is 2.42 bits per heavy atom. The van der Waals surface area contributed by atoms with Gasteiger partial charge in [-0.3, -0.25) is 9.59 Å². The summed E-state index contributed by atoms with van der Waals surface area (Å²) in [5, 5.41) is 2.05. The van der Waals surface area contributed by atoms with Crippen LogP contribution >= 0.6 is 0 Å². The van der Waals surface area contributed by atoms with Crippen molar-refractivity contribution in [3.63, 3.8) is 0 Å². The summed E-state index contributed by atoms with van der Waals surface area (Å²) in [5.74, 6) is 0.138.